The number of amides is 5. The number of benzene rings is 5. The van der Waals surface area contributed by atoms with E-state index in [1.54, 1.807) is 52.0 Å². The van der Waals surface area contributed by atoms with Gasteiger partial charge in [-0.05, 0) is 94.3 Å². The van der Waals surface area contributed by atoms with E-state index in [0.29, 0.717) is 26.2 Å². The van der Waals surface area contributed by atoms with Crippen LogP contribution in [0, 0.1) is 0 Å². The Labute approximate surface area is 443 Å². The fourth-order valence-electron chi connectivity index (χ4n) is 7.58. The van der Waals surface area contributed by atoms with Gasteiger partial charge in [0.2, 0.25) is 17.7 Å². The molecule has 0 radical (unpaired) electrons. The predicted molar refractivity (Wildman–Crippen MR) is 286 cm³/mol. The number of carbonyl (C=O) groups is 6. The molecule has 1 fully saturated rings. The van der Waals surface area contributed by atoms with Crippen molar-refractivity contribution in [1.82, 2.24) is 47.3 Å². The van der Waals surface area contributed by atoms with Crippen molar-refractivity contribution in [3.8, 4) is 0 Å². The SMILES string of the molecule is CC(C)(C)OC(=O)NC(Cc1ccccc1)C(=O)O.N.[2H-].[2H]N1CN2Cc3ccccc3CC2C1=O.[2H]NC(=O)C(Cc1ccccc1)NC(=O)OC(C)(C)C.[2H]NC(=O)C(Cc1ccccc1)NCn1nnc2ccccc21. The van der Waals surface area contributed by atoms with Gasteiger partial charge in [0.1, 0.15) is 28.8 Å². The minimum Gasteiger partial charge on any atom is -1.00 e. The molecule has 4 unspecified atom stereocenters. The van der Waals surface area contributed by atoms with Crippen molar-refractivity contribution < 1.29 is 49.0 Å². The van der Waals surface area contributed by atoms with Gasteiger partial charge in [-0.25, -0.2) is 19.1 Å². The first-order valence-corrected chi connectivity index (χ1v) is 24.0. The average Bonchev–Trinajstić information content (AvgIpc) is 3.97. The zero-order valence-corrected chi connectivity index (χ0v) is 43.2. The van der Waals surface area contributed by atoms with Crippen LogP contribution in [0.2, 0.25) is 4.24 Å². The quantitative estimate of drug-likeness (QED) is 0.0653. The van der Waals surface area contributed by atoms with Crippen molar-refractivity contribution >= 4 is 46.9 Å². The summed E-state index contributed by atoms with van der Waals surface area (Å²) >= 11 is 0. The lowest BCUT2D eigenvalue weighted by molar-refractivity contribution is -0.139. The molecule has 0 aliphatic carbocycles. The van der Waals surface area contributed by atoms with Gasteiger partial charge in [-0.3, -0.25) is 24.6 Å². The Morgan fingerprint density at radius 2 is 1.16 bits per heavy atom. The summed E-state index contributed by atoms with van der Waals surface area (Å²) in [7, 11) is 0. The summed E-state index contributed by atoms with van der Waals surface area (Å²) in [6.45, 7) is 12.0. The summed E-state index contributed by atoms with van der Waals surface area (Å²) < 4.78 is 33.4. The number of para-hydroxylation sites is 1. The number of hydrogen-bond donors (Lipinski definition) is 8. The lowest BCUT2D eigenvalue weighted by Crippen LogP contribution is -2.47. The summed E-state index contributed by atoms with van der Waals surface area (Å²) in [6, 6.07) is 41.4. The van der Waals surface area contributed by atoms with Crippen molar-refractivity contribution in [2.75, 3.05) is 6.67 Å². The van der Waals surface area contributed by atoms with Crippen LogP contribution in [-0.4, -0.2) is 103 Å². The van der Waals surface area contributed by atoms with Crippen molar-refractivity contribution in [3.05, 3.63) is 167 Å². The van der Waals surface area contributed by atoms with Gasteiger partial charge in [-0.1, -0.05) is 133 Å². The van der Waals surface area contributed by atoms with Crippen LogP contribution in [0.5, 0.6) is 0 Å². The number of alkyl carbamates (subject to hydrolysis) is 2. The molecule has 8 rings (SSSR count). The van der Waals surface area contributed by atoms with E-state index < -0.39 is 53.4 Å². The summed E-state index contributed by atoms with van der Waals surface area (Å²) in [6.07, 6.45) is 0.362. The highest BCUT2D eigenvalue weighted by atomic mass is 16.6. The molecule has 0 saturated carbocycles. The van der Waals surface area contributed by atoms with Crippen molar-refractivity contribution in [2.45, 2.75) is 116 Å². The van der Waals surface area contributed by atoms with Gasteiger partial charge < -0.3 is 49.6 Å². The summed E-state index contributed by atoms with van der Waals surface area (Å²) in [4.78, 5) is 71.7. The van der Waals surface area contributed by atoms with E-state index in [1.165, 1.54) is 11.1 Å². The third-order valence-corrected chi connectivity index (χ3v) is 11.1. The molecular weight excluding hydrogens is 959 g/mol. The molecule has 20 nitrogen and oxygen atoms in total. The van der Waals surface area contributed by atoms with Crippen molar-refractivity contribution in [2.24, 2.45) is 11.5 Å². The molecule has 1 saturated heterocycles. The first kappa shape index (κ1) is 54.6. The standard InChI is InChI=1S/C16H17N5O.C14H20N2O3.C14H19NO4.C11H12N2O.H3N.H/c17-16(22)14(10-12-6-2-1-3-7-12)18-11-21-15-9-5-4-8-13(15)19-20-21;1-14(2,3)19-13(18)16-11(12(15)17)9-10-7-5-4-6-8-10;1-14(2,3)19-13(18)15-11(12(16)17)9-10-7-5-4-6-8-10;14-11-10-5-8-3-1-2-4-9(8)6-13(10)7-12-11;;/h1-9,14,18H,10-11H2,(H2,17,22);4-8,11H,9H2,1-3H3,(H2,15,17)(H,16,18);4-8,11H,9H2,1-3H3,(H,15,18)(H,16,17);1-4,10H,5-7H2,(H,12,14);1H3;/q;;;;;-1/i;;;;;1+1/hD3. The van der Waals surface area contributed by atoms with Gasteiger partial charge in [0.15, 0.2) is 4.24 Å². The Morgan fingerprint density at radius 3 is 1.68 bits per heavy atom. The normalized spacial score (nSPS) is 15.3. The lowest BCUT2D eigenvalue weighted by Gasteiger charge is -2.28. The molecule has 0 spiro atoms. The van der Waals surface area contributed by atoms with E-state index in [0.717, 1.165) is 46.0 Å². The van der Waals surface area contributed by atoms with E-state index in [4.69, 9.17) is 18.8 Å². The highest BCUT2D eigenvalue weighted by molar-refractivity contribution is 5.85. The van der Waals surface area contributed by atoms with Gasteiger partial charge in [0.25, 0.3) is 0 Å². The van der Waals surface area contributed by atoms with E-state index in [1.807, 2.05) is 133 Å². The Morgan fingerprint density at radius 1 is 0.707 bits per heavy atom. The number of rotatable bonds is 14. The Bertz CT molecular complexity index is 2880. The van der Waals surface area contributed by atoms with E-state index in [-0.39, 0.29) is 31.9 Å². The van der Waals surface area contributed by atoms with Crippen molar-refractivity contribution in [3.63, 3.8) is 0 Å². The van der Waals surface area contributed by atoms with Crippen LogP contribution in [0.25, 0.3) is 11.0 Å². The number of primary amides is 2. The van der Waals surface area contributed by atoms with Crippen LogP contribution in [0.1, 0.15) is 70.8 Å². The number of carboxylic acids is 1. The first-order valence-electron chi connectivity index (χ1n) is 25.5. The second-order valence-corrected chi connectivity index (χ2v) is 19.4. The topological polar surface area (TPSA) is 310 Å². The number of fused-ring (bicyclic) bond motifs is 3. The number of carboxylic acid groups (broad SMARTS) is 1. The van der Waals surface area contributed by atoms with Crippen LogP contribution in [0.3, 0.4) is 0 Å². The monoisotopic (exact) mass is 1030 g/mol. The van der Waals surface area contributed by atoms with Crippen LogP contribution >= 0.6 is 0 Å². The first-order chi connectivity index (χ1) is 36.6. The highest BCUT2D eigenvalue weighted by Crippen LogP contribution is 2.25. The molecule has 6 aromatic rings. The number of aliphatic carboxylic acids is 1. The van der Waals surface area contributed by atoms with Gasteiger partial charge in [0, 0.05) is 19.4 Å². The summed E-state index contributed by atoms with van der Waals surface area (Å²) in [5, 5.41) is 26.3. The van der Waals surface area contributed by atoms with Crippen LogP contribution < -0.4 is 38.9 Å². The lowest BCUT2D eigenvalue weighted by atomic mass is 9.95. The number of carbonyl (C=O) groups excluding carboxylic acids is 5. The molecule has 5 aromatic carbocycles. The second kappa shape index (κ2) is 28.3. The molecular formula is C55H72N11O9-. The Balaban J connectivity index is 0.000000277. The van der Waals surface area contributed by atoms with Crippen LogP contribution in [0.4, 0.5) is 9.59 Å². The fraction of sp³-hybridized carbons (Fsp3) is 0.345. The third kappa shape index (κ3) is 20.3. The van der Waals surface area contributed by atoms with Gasteiger partial charge in [-0.15, -0.1) is 5.10 Å². The Hall–Kier alpha value is -8.20. The largest absolute Gasteiger partial charge is 1.00 e. The number of nitrogens with two attached hydrogens (primary N) is 2. The maximum atomic E-state index is 11.9. The number of hydrogen-bond acceptors (Lipinski definition) is 13. The van der Waals surface area contributed by atoms with E-state index >= 15 is 0 Å². The maximum Gasteiger partial charge on any atom is 0.408 e. The van der Waals surface area contributed by atoms with Crippen LogP contribution in [0.15, 0.2) is 140 Å². The minimum absolute atomic E-state index is 0. The zero-order valence-electron chi connectivity index (χ0n) is 47.2. The molecule has 1 aromatic heterocycles. The molecule has 2 aliphatic heterocycles. The molecule has 4 atom stereocenters. The molecule has 75 heavy (non-hydrogen) atoms. The van der Waals surface area contributed by atoms with Gasteiger partial charge in [0.05, 0.1) is 30.9 Å². The summed E-state index contributed by atoms with van der Waals surface area (Å²) in [5.41, 5.74) is 9.45. The predicted octanol–water partition coefficient (Wildman–Crippen LogP) is 5.66. The smallest absolute Gasteiger partial charge is 0.408 e. The number of aromatic nitrogens is 3. The third-order valence-electron chi connectivity index (χ3n) is 11.1. The van der Waals surface area contributed by atoms with Crippen molar-refractivity contribution in [1.29, 1.82) is 0 Å². The molecule has 3 heterocycles. The second-order valence-electron chi connectivity index (χ2n) is 19.4. The molecule has 2 aliphatic rings. The maximum absolute atomic E-state index is 11.9. The van der Waals surface area contributed by atoms with Crippen LogP contribution in [-0.2, 0) is 67.5 Å². The Kier molecular flexibility index (Phi) is 20.6. The highest BCUT2D eigenvalue weighted by Gasteiger charge is 2.36. The average molecular weight is 1040 g/mol. The minimum atomic E-state index is -1.09. The molecule has 20 heteroatoms. The zero-order chi connectivity index (χ0) is 56.1. The molecule has 402 valence electrons. The van der Waals surface area contributed by atoms with E-state index in [9.17, 15) is 28.8 Å². The van der Waals surface area contributed by atoms with Gasteiger partial charge >= 0.3 is 18.2 Å². The van der Waals surface area contributed by atoms with Gasteiger partial charge in [-0.2, -0.15) is 0 Å². The number of nitrogens with one attached hydrogen (secondary N) is 4. The molecule has 12 N–H and O–H groups in total. The molecule has 0 bridgehead atoms. The molecule has 5 amide bonds. The number of nitrogens with zero attached hydrogens (tertiary/aromatic N) is 4. The summed E-state index contributed by atoms with van der Waals surface area (Å²) in [5.74, 6) is -2.11. The van der Waals surface area contributed by atoms with E-state index in [2.05, 4.69) is 43.3 Å². The fourth-order valence-corrected chi connectivity index (χ4v) is 7.58. The number of ether oxygens (including phenoxy) is 2.